The third kappa shape index (κ3) is 2.79. The predicted octanol–water partition coefficient (Wildman–Crippen LogP) is 3.65. The van der Waals surface area contributed by atoms with Gasteiger partial charge in [0.1, 0.15) is 0 Å². The second-order valence-corrected chi connectivity index (χ2v) is 6.36. The number of piperidine rings is 1. The molecule has 0 unspecified atom stereocenters. The average Bonchev–Trinajstić information content (AvgIpc) is 2.75. The molecule has 0 spiro atoms. The maximum atomic E-state index is 12.1. The number of nitrogens with zero attached hydrogens (tertiary/aromatic N) is 1. The zero-order valence-electron chi connectivity index (χ0n) is 8.79. The van der Waals surface area contributed by atoms with Crippen LogP contribution in [-0.4, -0.2) is 29.2 Å². The van der Waals surface area contributed by atoms with E-state index in [1.54, 1.807) is 6.07 Å². The van der Waals surface area contributed by atoms with Crippen LogP contribution >= 0.6 is 38.9 Å². The second-order valence-electron chi connectivity index (χ2n) is 3.99. The first-order chi connectivity index (χ1) is 7.70. The number of halogens is 2. The number of likely N-dealkylation sites (tertiary alicyclic amines) is 1. The van der Waals surface area contributed by atoms with Crippen LogP contribution in [0.1, 0.15) is 22.5 Å². The maximum absolute atomic E-state index is 12.1. The summed E-state index contributed by atoms with van der Waals surface area (Å²) in [6, 6.07) is 3.59. The van der Waals surface area contributed by atoms with E-state index in [1.807, 2.05) is 11.0 Å². The van der Waals surface area contributed by atoms with E-state index in [9.17, 15) is 4.79 Å². The van der Waals surface area contributed by atoms with Crippen LogP contribution in [0.2, 0.25) is 4.34 Å². The summed E-state index contributed by atoms with van der Waals surface area (Å²) in [4.78, 5) is 14.8. The van der Waals surface area contributed by atoms with Gasteiger partial charge in [0.2, 0.25) is 0 Å². The highest BCUT2D eigenvalue weighted by Gasteiger charge is 2.23. The Morgan fingerprint density at radius 1 is 1.50 bits per heavy atom. The van der Waals surface area contributed by atoms with Crippen LogP contribution in [0.4, 0.5) is 0 Å². The first-order valence-corrected chi connectivity index (χ1v) is 7.63. The Bertz CT molecular complexity index is 374. The van der Waals surface area contributed by atoms with Crippen molar-refractivity contribution in [3.8, 4) is 0 Å². The summed E-state index contributed by atoms with van der Waals surface area (Å²) in [6.45, 7) is 1.73. The van der Waals surface area contributed by atoms with Gasteiger partial charge in [-0.15, -0.1) is 11.3 Å². The molecule has 0 aliphatic carbocycles. The number of hydrogen-bond donors (Lipinski definition) is 0. The van der Waals surface area contributed by atoms with E-state index < -0.39 is 0 Å². The van der Waals surface area contributed by atoms with Crippen molar-refractivity contribution in [1.29, 1.82) is 0 Å². The third-order valence-electron chi connectivity index (χ3n) is 2.90. The molecule has 0 aromatic carbocycles. The van der Waals surface area contributed by atoms with Gasteiger partial charge in [0.25, 0.3) is 5.91 Å². The van der Waals surface area contributed by atoms with Gasteiger partial charge >= 0.3 is 0 Å². The molecule has 0 bridgehead atoms. The van der Waals surface area contributed by atoms with E-state index in [1.165, 1.54) is 11.3 Å². The molecule has 1 saturated heterocycles. The Labute approximate surface area is 113 Å². The number of carbonyl (C=O) groups is 1. The summed E-state index contributed by atoms with van der Waals surface area (Å²) in [5, 5.41) is 1.04. The largest absolute Gasteiger partial charge is 0.338 e. The maximum Gasteiger partial charge on any atom is 0.263 e. The minimum atomic E-state index is 0.130. The first-order valence-electron chi connectivity index (χ1n) is 5.31. The van der Waals surface area contributed by atoms with Crippen molar-refractivity contribution in [3.05, 3.63) is 21.3 Å². The van der Waals surface area contributed by atoms with Gasteiger partial charge in [0.05, 0.1) is 9.21 Å². The van der Waals surface area contributed by atoms with Crippen LogP contribution < -0.4 is 0 Å². The molecule has 1 amide bonds. The lowest BCUT2D eigenvalue weighted by atomic mass is 9.99. The molecule has 1 aliphatic rings. The molecule has 0 radical (unpaired) electrons. The van der Waals surface area contributed by atoms with Crippen molar-refractivity contribution in [3.63, 3.8) is 0 Å². The highest BCUT2D eigenvalue weighted by molar-refractivity contribution is 9.09. The molecule has 88 valence electrons. The predicted molar refractivity (Wildman–Crippen MR) is 71.8 cm³/mol. The van der Waals surface area contributed by atoms with Gasteiger partial charge in [-0.25, -0.2) is 0 Å². The van der Waals surface area contributed by atoms with Gasteiger partial charge in [-0.3, -0.25) is 4.79 Å². The average molecular weight is 323 g/mol. The van der Waals surface area contributed by atoms with Crippen LogP contribution in [0.3, 0.4) is 0 Å². The summed E-state index contributed by atoms with van der Waals surface area (Å²) < 4.78 is 0.679. The fourth-order valence-corrected chi connectivity index (χ4v) is 3.53. The van der Waals surface area contributed by atoms with E-state index in [4.69, 9.17) is 11.6 Å². The fraction of sp³-hybridized carbons (Fsp3) is 0.545. The van der Waals surface area contributed by atoms with Gasteiger partial charge in [-0.05, 0) is 30.9 Å². The summed E-state index contributed by atoms with van der Waals surface area (Å²) in [7, 11) is 0. The highest BCUT2D eigenvalue weighted by atomic mass is 79.9. The molecule has 1 fully saturated rings. The molecule has 2 nitrogen and oxygen atoms in total. The minimum Gasteiger partial charge on any atom is -0.338 e. The van der Waals surface area contributed by atoms with Crippen molar-refractivity contribution in [1.82, 2.24) is 4.90 Å². The summed E-state index contributed by atoms with van der Waals surface area (Å²) in [5.74, 6) is 0.848. The normalized spacial score (nSPS) is 17.8. The molecule has 1 aromatic rings. The monoisotopic (exact) mass is 321 g/mol. The molecule has 0 N–H and O–H groups in total. The smallest absolute Gasteiger partial charge is 0.263 e. The number of carbonyl (C=O) groups excluding carboxylic acids is 1. The van der Waals surface area contributed by atoms with Crippen LogP contribution in [0.5, 0.6) is 0 Å². The SMILES string of the molecule is O=C(c1ccc(Cl)s1)N1CCC(CBr)CC1. The van der Waals surface area contributed by atoms with Crippen LogP contribution in [0.15, 0.2) is 12.1 Å². The molecule has 16 heavy (non-hydrogen) atoms. The van der Waals surface area contributed by atoms with Crippen LogP contribution in [0, 0.1) is 5.92 Å². The Balaban J connectivity index is 1.96. The third-order valence-corrected chi connectivity index (χ3v) is 5.04. The van der Waals surface area contributed by atoms with Gasteiger partial charge in [0, 0.05) is 18.4 Å². The van der Waals surface area contributed by atoms with Gasteiger partial charge < -0.3 is 4.90 Å². The van der Waals surface area contributed by atoms with Crippen molar-refractivity contribution in [2.24, 2.45) is 5.92 Å². The van der Waals surface area contributed by atoms with E-state index in [0.29, 0.717) is 4.34 Å². The molecule has 2 heterocycles. The molecular weight excluding hydrogens is 310 g/mol. The molecule has 0 atom stereocenters. The van der Waals surface area contributed by atoms with E-state index >= 15 is 0 Å². The van der Waals surface area contributed by atoms with E-state index in [-0.39, 0.29) is 5.91 Å². The Hall–Kier alpha value is -0.0600. The number of hydrogen-bond acceptors (Lipinski definition) is 2. The molecule has 2 rings (SSSR count). The summed E-state index contributed by atoms with van der Waals surface area (Å²) in [5.41, 5.74) is 0. The lowest BCUT2D eigenvalue weighted by Gasteiger charge is -2.30. The number of amides is 1. The van der Waals surface area contributed by atoms with Crippen molar-refractivity contribution >= 4 is 44.8 Å². The summed E-state index contributed by atoms with van der Waals surface area (Å²) >= 11 is 10.7. The minimum absolute atomic E-state index is 0.130. The number of alkyl halides is 1. The Morgan fingerprint density at radius 3 is 2.69 bits per heavy atom. The molecule has 1 aliphatic heterocycles. The van der Waals surface area contributed by atoms with Crippen molar-refractivity contribution < 1.29 is 4.79 Å². The quantitative estimate of drug-likeness (QED) is 0.761. The van der Waals surface area contributed by atoms with Crippen LogP contribution in [0.25, 0.3) is 0 Å². The first kappa shape index (κ1) is 12.4. The number of rotatable bonds is 2. The molecule has 1 aromatic heterocycles. The Kier molecular flexibility index (Phi) is 4.27. The van der Waals surface area contributed by atoms with Gasteiger partial charge in [0.15, 0.2) is 0 Å². The second kappa shape index (κ2) is 5.52. The van der Waals surface area contributed by atoms with Gasteiger partial charge in [-0.2, -0.15) is 0 Å². The van der Waals surface area contributed by atoms with Gasteiger partial charge in [-0.1, -0.05) is 27.5 Å². The molecule has 5 heteroatoms. The topological polar surface area (TPSA) is 20.3 Å². The molecular formula is C11H13BrClNOS. The standard InChI is InChI=1S/C11H13BrClNOS/c12-7-8-3-5-14(6-4-8)11(15)9-1-2-10(13)16-9/h1-2,8H,3-7H2. The number of thiophene rings is 1. The van der Waals surface area contributed by atoms with Crippen LogP contribution in [-0.2, 0) is 0 Å². The lowest BCUT2D eigenvalue weighted by Crippen LogP contribution is -2.38. The highest BCUT2D eigenvalue weighted by Crippen LogP contribution is 2.25. The fourth-order valence-electron chi connectivity index (χ4n) is 1.88. The van der Waals surface area contributed by atoms with E-state index in [0.717, 1.165) is 42.1 Å². The van der Waals surface area contributed by atoms with E-state index in [2.05, 4.69) is 15.9 Å². The zero-order valence-corrected chi connectivity index (χ0v) is 11.9. The van der Waals surface area contributed by atoms with Crippen molar-refractivity contribution in [2.45, 2.75) is 12.8 Å². The van der Waals surface area contributed by atoms with Crippen molar-refractivity contribution in [2.75, 3.05) is 18.4 Å². The zero-order chi connectivity index (χ0) is 11.5. The summed E-state index contributed by atoms with van der Waals surface area (Å²) in [6.07, 6.45) is 2.19. The molecule has 0 saturated carbocycles. The lowest BCUT2D eigenvalue weighted by molar-refractivity contribution is 0.0704. The Morgan fingerprint density at radius 2 is 2.19 bits per heavy atom.